The van der Waals surface area contributed by atoms with Crippen molar-refractivity contribution in [1.82, 2.24) is 9.62 Å². The van der Waals surface area contributed by atoms with Gasteiger partial charge in [-0.15, -0.1) is 0 Å². The number of carbonyl (C=O) groups is 2. The van der Waals surface area contributed by atoms with E-state index in [9.17, 15) is 18.0 Å². The zero-order chi connectivity index (χ0) is 13.8. The lowest BCUT2D eigenvalue weighted by Gasteiger charge is -2.30. The van der Waals surface area contributed by atoms with E-state index < -0.39 is 21.9 Å². The van der Waals surface area contributed by atoms with Crippen molar-refractivity contribution in [3.63, 3.8) is 0 Å². The van der Waals surface area contributed by atoms with Gasteiger partial charge in [0.25, 0.3) is 0 Å². The second-order valence-electron chi connectivity index (χ2n) is 4.12. The first-order valence-corrected chi connectivity index (χ1v) is 7.30. The highest BCUT2D eigenvalue weighted by atomic mass is 32.2. The van der Waals surface area contributed by atoms with E-state index >= 15 is 0 Å². The average Bonchev–Trinajstić information content (AvgIpc) is 2.26. The fraction of sp³-hybridized carbons (Fsp3) is 0.600. The molecule has 0 radical (unpaired) electrons. The molecule has 0 bridgehead atoms. The lowest BCUT2D eigenvalue weighted by molar-refractivity contribution is -0.131. The highest BCUT2D eigenvalue weighted by Crippen LogP contribution is 2.12. The number of carbonyl (C=O) groups excluding carboxylic acids is 1. The summed E-state index contributed by atoms with van der Waals surface area (Å²) in [5, 5.41) is 11.0. The number of carboxylic acid groups (broad SMARTS) is 1. The molecule has 1 aliphatic rings. The second-order valence-corrected chi connectivity index (χ2v) is 6.10. The number of amides is 1. The van der Waals surface area contributed by atoms with Crippen molar-refractivity contribution < 1.29 is 23.1 Å². The number of aliphatic carboxylic acids is 1. The minimum absolute atomic E-state index is 0.117. The lowest BCUT2D eigenvalue weighted by Crippen LogP contribution is -2.45. The molecule has 1 fully saturated rings. The Morgan fingerprint density at radius 2 is 1.83 bits per heavy atom. The first kappa shape index (κ1) is 14.7. The number of carboxylic acids is 1. The van der Waals surface area contributed by atoms with Crippen LogP contribution in [-0.4, -0.2) is 55.1 Å². The van der Waals surface area contributed by atoms with Crippen LogP contribution in [-0.2, 0) is 19.6 Å². The van der Waals surface area contributed by atoms with Gasteiger partial charge in [0, 0.05) is 31.3 Å². The monoisotopic (exact) mass is 276 g/mol. The molecule has 102 valence electrons. The van der Waals surface area contributed by atoms with Crippen molar-refractivity contribution in [3.05, 3.63) is 12.2 Å². The summed E-state index contributed by atoms with van der Waals surface area (Å²) in [7, 11) is -3.17. The van der Waals surface area contributed by atoms with Crippen LogP contribution in [0.4, 0.5) is 0 Å². The van der Waals surface area contributed by atoms with Gasteiger partial charge in [0.1, 0.15) is 0 Å². The summed E-state index contributed by atoms with van der Waals surface area (Å²) >= 11 is 0. The van der Waals surface area contributed by atoms with Gasteiger partial charge in [-0.25, -0.2) is 17.5 Å². The van der Waals surface area contributed by atoms with E-state index in [0.29, 0.717) is 25.9 Å². The standard InChI is InChI=1S/C10H16N2O5S/c1-18(16,17)12-6-4-8(5-7-12)11-9(13)2-3-10(14)15/h2-3,8H,4-7H2,1H3,(H,11,13)(H,14,15)/b3-2+. The van der Waals surface area contributed by atoms with Crippen molar-refractivity contribution in [2.24, 2.45) is 0 Å². The van der Waals surface area contributed by atoms with E-state index in [0.717, 1.165) is 18.4 Å². The van der Waals surface area contributed by atoms with Gasteiger partial charge in [-0.1, -0.05) is 0 Å². The number of nitrogens with zero attached hydrogens (tertiary/aromatic N) is 1. The van der Waals surface area contributed by atoms with Crippen molar-refractivity contribution >= 4 is 21.9 Å². The molecule has 0 spiro atoms. The van der Waals surface area contributed by atoms with Crippen LogP contribution in [0.1, 0.15) is 12.8 Å². The number of sulfonamides is 1. The Labute approximate surface area is 106 Å². The maximum absolute atomic E-state index is 11.3. The van der Waals surface area contributed by atoms with Crippen LogP contribution in [0.25, 0.3) is 0 Å². The number of piperidine rings is 1. The number of rotatable bonds is 4. The van der Waals surface area contributed by atoms with E-state index in [-0.39, 0.29) is 6.04 Å². The van der Waals surface area contributed by atoms with E-state index in [1.54, 1.807) is 0 Å². The van der Waals surface area contributed by atoms with Gasteiger partial charge in [-0.05, 0) is 12.8 Å². The largest absolute Gasteiger partial charge is 0.478 e. The highest BCUT2D eigenvalue weighted by Gasteiger charge is 2.25. The molecule has 18 heavy (non-hydrogen) atoms. The summed E-state index contributed by atoms with van der Waals surface area (Å²) in [6.45, 7) is 0.735. The Hall–Kier alpha value is -1.41. The average molecular weight is 276 g/mol. The predicted molar refractivity (Wildman–Crippen MR) is 64.4 cm³/mol. The molecule has 0 saturated carbocycles. The van der Waals surface area contributed by atoms with Crippen molar-refractivity contribution in [1.29, 1.82) is 0 Å². The predicted octanol–water partition coefficient (Wildman–Crippen LogP) is -0.833. The topological polar surface area (TPSA) is 104 Å². The van der Waals surface area contributed by atoms with Crippen molar-refractivity contribution in [3.8, 4) is 0 Å². The van der Waals surface area contributed by atoms with E-state index in [1.165, 1.54) is 4.31 Å². The summed E-state index contributed by atoms with van der Waals surface area (Å²) in [4.78, 5) is 21.5. The lowest BCUT2D eigenvalue weighted by atomic mass is 10.1. The molecule has 2 N–H and O–H groups in total. The molecule has 1 amide bonds. The third-order valence-corrected chi connectivity index (χ3v) is 3.95. The first-order chi connectivity index (χ1) is 8.29. The number of hydrogen-bond acceptors (Lipinski definition) is 4. The Morgan fingerprint density at radius 1 is 1.28 bits per heavy atom. The maximum Gasteiger partial charge on any atom is 0.328 e. The van der Waals surface area contributed by atoms with Crippen LogP contribution < -0.4 is 5.32 Å². The molecule has 0 aromatic rings. The van der Waals surface area contributed by atoms with Gasteiger partial charge in [-0.2, -0.15) is 0 Å². The fourth-order valence-corrected chi connectivity index (χ4v) is 2.60. The van der Waals surface area contributed by atoms with E-state index in [4.69, 9.17) is 5.11 Å². The smallest absolute Gasteiger partial charge is 0.328 e. The third kappa shape index (κ3) is 4.84. The Kier molecular flexibility index (Phi) is 4.85. The van der Waals surface area contributed by atoms with Crippen LogP contribution >= 0.6 is 0 Å². The normalized spacial score (nSPS) is 18.9. The molecule has 1 rings (SSSR count). The Bertz CT molecular complexity index is 449. The molecule has 7 nitrogen and oxygen atoms in total. The first-order valence-electron chi connectivity index (χ1n) is 5.45. The van der Waals surface area contributed by atoms with Crippen molar-refractivity contribution in [2.45, 2.75) is 18.9 Å². The quantitative estimate of drug-likeness (QED) is 0.652. The maximum atomic E-state index is 11.3. The molecule has 0 atom stereocenters. The van der Waals surface area contributed by atoms with Crippen LogP contribution in [0, 0.1) is 0 Å². The fourth-order valence-electron chi connectivity index (χ4n) is 1.73. The minimum Gasteiger partial charge on any atom is -0.478 e. The van der Waals surface area contributed by atoms with Gasteiger partial charge in [0.2, 0.25) is 15.9 Å². The third-order valence-electron chi connectivity index (χ3n) is 2.65. The van der Waals surface area contributed by atoms with Crippen LogP contribution in [0.2, 0.25) is 0 Å². The number of nitrogens with one attached hydrogen (secondary N) is 1. The molecule has 1 saturated heterocycles. The second kappa shape index (κ2) is 5.96. The zero-order valence-corrected chi connectivity index (χ0v) is 10.8. The molecule has 1 aliphatic heterocycles. The molecular weight excluding hydrogens is 260 g/mol. The van der Waals surface area contributed by atoms with Gasteiger partial charge in [-0.3, -0.25) is 4.79 Å². The molecule has 0 aromatic carbocycles. The summed E-state index contributed by atoms with van der Waals surface area (Å²) in [6.07, 6.45) is 3.92. The molecule has 0 aromatic heterocycles. The summed E-state index contributed by atoms with van der Waals surface area (Å²) in [5.74, 6) is -1.66. The van der Waals surface area contributed by atoms with Crippen LogP contribution in [0.3, 0.4) is 0 Å². The van der Waals surface area contributed by atoms with Crippen LogP contribution in [0.5, 0.6) is 0 Å². The Balaban J connectivity index is 2.40. The van der Waals surface area contributed by atoms with E-state index in [2.05, 4.69) is 5.32 Å². The summed E-state index contributed by atoms with van der Waals surface area (Å²) < 4.78 is 23.9. The summed E-state index contributed by atoms with van der Waals surface area (Å²) in [5.41, 5.74) is 0. The highest BCUT2D eigenvalue weighted by molar-refractivity contribution is 7.88. The molecule has 1 heterocycles. The molecule has 8 heteroatoms. The van der Waals surface area contributed by atoms with Gasteiger partial charge in [0.15, 0.2) is 0 Å². The van der Waals surface area contributed by atoms with Crippen LogP contribution in [0.15, 0.2) is 12.2 Å². The minimum atomic E-state index is -3.17. The van der Waals surface area contributed by atoms with Gasteiger partial charge >= 0.3 is 5.97 Å². The zero-order valence-electron chi connectivity index (χ0n) is 10.00. The van der Waals surface area contributed by atoms with E-state index in [1.807, 2.05) is 0 Å². The SMILES string of the molecule is CS(=O)(=O)N1CCC(NC(=O)/C=C/C(=O)O)CC1. The molecular formula is C10H16N2O5S. The molecule has 0 aliphatic carbocycles. The number of hydrogen-bond donors (Lipinski definition) is 2. The van der Waals surface area contributed by atoms with Gasteiger partial charge in [0.05, 0.1) is 6.26 Å². The molecule has 0 unspecified atom stereocenters. The Morgan fingerprint density at radius 3 is 2.28 bits per heavy atom. The van der Waals surface area contributed by atoms with Gasteiger partial charge < -0.3 is 10.4 Å². The summed E-state index contributed by atoms with van der Waals surface area (Å²) in [6, 6.07) is -0.117. The van der Waals surface area contributed by atoms with Crippen molar-refractivity contribution in [2.75, 3.05) is 19.3 Å².